The summed E-state index contributed by atoms with van der Waals surface area (Å²) in [6.07, 6.45) is 1.69. The van der Waals surface area contributed by atoms with Gasteiger partial charge >= 0.3 is 0 Å². The first kappa shape index (κ1) is 14.6. The predicted molar refractivity (Wildman–Crippen MR) is 79.4 cm³/mol. The molecule has 106 valence electrons. The molecule has 0 atom stereocenters. The molecule has 0 saturated heterocycles. The number of rotatable bonds is 4. The number of benzene rings is 2. The first-order chi connectivity index (χ1) is 10.2. The summed E-state index contributed by atoms with van der Waals surface area (Å²) in [4.78, 5) is 0. The molecule has 0 amide bonds. The lowest BCUT2D eigenvalue weighted by Gasteiger charge is -2.08. The minimum absolute atomic E-state index is 0.311. The van der Waals surface area contributed by atoms with E-state index in [0.29, 0.717) is 22.6 Å². The Morgan fingerprint density at radius 2 is 1.62 bits per heavy atom. The standard InChI is InChI=1S/C17H14FNO2/c1-20-16-8-13(9-17(10-16)21-2)14(11-19)7-12-3-5-15(18)6-4-12/h3-10H,1-2H3/b14-7+. The van der Waals surface area contributed by atoms with E-state index in [1.54, 1.807) is 50.6 Å². The van der Waals surface area contributed by atoms with Crippen molar-refractivity contribution >= 4 is 11.6 Å². The van der Waals surface area contributed by atoms with Crippen molar-refractivity contribution in [2.24, 2.45) is 0 Å². The van der Waals surface area contributed by atoms with Crippen molar-refractivity contribution in [2.45, 2.75) is 0 Å². The Morgan fingerprint density at radius 3 is 2.10 bits per heavy atom. The van der Waals surface area contributed by atoms with E-state index in [-0.39, 0.29) is 5.82 Å². The molecule has 0 bridgehead atoms. The van der Waals surface area contributed by atoms with Crippen LogP contribution in [0.5, 0.6) is 11.5 Å². The summed E-state index contributed by atoms with van der Waals surface area (Å²) in [7, 11) is 3.10. The zero-order valence-electron chi connectivity index (χ0n) is 11.8. The Labute approximate surface area is 122 Å². The predicted octanol–water partition coefficient (Wildman–Crippen LogP) is 3.91. The number of hydrogen-bond donors (Lipinski definition) is 0. The maximum absolute atomic E-state index is 12.9. The highest BCUT2D eigenvalue weighted by Gasteiger charge is 2.07. The SMILES string of the molecule is COc1cc(OC)cc(/C(C#N)=C/c2ccc(F)cc2)c1. The third-order valence-electron chi connectivity index (χ3n) is 2.96. The van der Waals surface area contributed by atoms with Crippen LogP contribution in [0.1, 0.15) is 11.1 Å². The van der Waals surface area contributed by atoms with Crippen molar-refractivity contribution in [2.75, 3.05) is 14.2 Å². The lowest BCUT2D eigenvalue weighted by Crippen LogP contribution is -1.90. The van der Waals surface area contributed by atoms with Crippen LogP contribution in [0.25, 0.3) is 11.6 Å². The summed E-state index contributed by atoms with van der Waals surface area (Å²) in [5, 5.41) is 9.35. The van der Waals surface area contributed by atoms with Crippen LogP contribution in [0.2, 0.25) is 0 Å². The van der Waals surface area contributed by atoms with Gasteiger partial charge in [0.25, 0.3) is 0 Å². The summed E-state index contributed by atoms with van der Waals surface area (Å²) in [6, 6.07) is 13.3. The molecule has 0 aromatic heterocycles. The topological polar surface area (TPSA) is 42.2 Å². The number of halogens is 1. The Hall–Kier alpha value is -2.80. The van der Waals surface area contributed by atoms with Gasteiger partial charge in [-0.25, -0.2) is 4.39 Å². The van der Waals surface area contributed by atoms with Gasteiger partial charge in [-0.1, -0.05) is 12.1 Å². The van der Waals surface area contributed by atoms with E-state index in [1.165, 1.54) is 12.1 Å². The van der Waals surface area contributed by atoms with E-state index in [4.69, 9.17) is 9.47 Å². The van der Waals surface area contributed by atoms with Gasteiger partial charge in [-0.15, -0.1) is 0 Å². The first-order valence-corrected chi connectivity index (χ1v) is 6.27. The molecule has 3 nitrogen and oxygen atoms in total. The van der Waals surface area contributed by atoms with Gasteiger partial charge in [-0.3, -0.25) is 0 Å². The summed E-state index contributed by atoms with van der Waals surface area (Å²) < 4.78 is 23.3. The lowest BCUT2D eigenvalue weighted by molar-refractivity contribution is 0.394. The quantitative estimate of drug-likeness (QED) is 0.631. The summed E-state index contributed by atoms with van der Waals surface area (Å²) in [5.74, 6) is 0.892. The van der Waals surface area contributed by atoms with Crippen LogP contribution in [0.4, 0.5) is 4.39 Å². The molecule has 0 heterocycles. The van der Waals surface area contributed by atoms with Crippen molar-refractivity contribution in [1.29, 1.82) is 5.26 Å². The highest BCUT2D eigenvalue weighted by Crippen LogP contribution is 2.28. The lowest BCUT2D eigenvalue weighted by atomic mass is 10.0. The average molecular weight is 283 g/mol. The summed E-state index contributed by atoms with van der Waals surface area (Å²) in [6.45, 7) is 0. The third kappa shape index (κ3) is 3.61. The van der Waals surface area contributed by atoms with Crippen LogP contribution < -0.4 is 9.47 Å². The second-order valence-electron chi connectivity index (χ2n) is 4.32. The molecule has 0 radical (unpaired) electrons. The Balaban J connectivity index is 2.46. The average Bonchev–Trinajstić information content (AvgIpc) is 2.53. The fourth-order valence-electron chi connectivity index (χ4n) is 1.87. The maximum atomic E-state index is 12.9. The van der Waals surface area contributed by atoms with Crippen LogP contribution in [-0.2, 0) is 0 Å². The molecule has 2 aromatic carbocycles. The van der Waals surface area contributed by atoms with Crippen molar-refractivity contribution in [3.05, 3.63) is 59.4 Å². The molecule has 0 aliphatic carbocycles. The third-order valence-corrected chi connectivity index (χ3v) is 2.96. The number of nitriles is 1. The van der Waals surface area contributed by atoms with Crippen LogP contribution in [-0.4, -0.2) is 14.2 Å². The zero-order chi connectivity index (χ0) is 15.2. The molecule has 0 unspecified atom stereocenters. The van der Waals surface area contributed by atoms with Crippen molar-refractivity contribution < 1.29 is 13.9 Å². The van der Waals surface area contributed by atoms with Gasteiger partial charge in [0.2, 0.25) is 0 Å². The number of hydrogen-bond acceptors (Lipinski definition) is 3. The molecule has 4 heteroatoms. The van der Waals surface area contributed by atoms with Gasteiger partial charge in [0.05, 0.1) is 25.9 Å². The van der Waals surface area contributed by atoms with Crippen molar-refractivity contribution in [3.8, 4) is 17.6 Å². The largest absolute Gasteiger partial charge is 0.497 e. The molecule has 0 N–H and O–H groups in total. The number of ether oxygens (including phenoxy) is 2. The van der Waals surface area contributed by atoms with E-state index in [9.17, 15) is 9.65 Å². The van der Waals surface area contributed by atoms with Gasteiger partial charge in [-0.05, 0) is 41.5 Å². The zero-order valence-corrected chi connectivity index (χ0v) is 11.8. The van der Waals surface area contributed by atoms with Crippen LogP contribution in [0.3, 0.4) is 0 Å². The monoisotopic (exact) mass is 283 g/mol. The molecule has 0 aliphatic heterocycles. The molecule has 2 aromatic rings. The van der Waals surface area contributed by atoms with Gasteiger partial charge < -0.3 is 9.47 Å². The van der Waals surface area contributed by atoms with Gasteiger partial charge in [0.15, 0.2) is 0 Å². The second kappa shape index (κ2) is 6.58. The summed E-state index contributed by atoms with van der Waals surface area (Å²) in [5.41, 5.74) is 1.87. The van der Waals surface area contributed by atoms with E-state index < -0.39 is 0 Å². The Kier molecular flexibility index (Phi) is 4.57. The van der Waals surface area contributed by atoms with E-state index >= 15 is 0 Å². The van der Waals surface area contributed by atoms with Gasteiger partial charge in [0, 0.05) is 6.07 Å². The molecule has 0 aliphatic rings. The maximum Gasteiger partial charge on any atom is 0.123 e. The summed E-state index contributed by atoms with van der Waals surface area (Å²) >= 11 is 0. The number of methoxy groups -OCH3 is 2. The van der Waals surface area contributed by atoms with Crippen LogP contribution in [0.15, 0.2) is 42.5 Å². The fraction of sp³-hybridized carbons (Fsp3) is 0.118. The highest BCUT2D eigenvalue weighted by atomic mass is 19.1. The van der Waals surface area contributed by atoms with E-state index in [2.05, 4.69) is 6.07 Å². The Bertz CT molecular complexity index is 677. The normalized spacial score (nSPS) is 10.9. The van der Waals surface area contributed by atoms with Gasteiger partial charge in [-0.2, -0.15) is 5.26 Å². The molecule has 0 saturated carbocycles. The minimum Gasteiger partial charge on any atom is -0.497 e. The molecule has 2 rings (SSSR count). The first-order valence-electron chi connectivity index (χ1n) is 6.27. The molecular formula is C17H14FNO2. The number of nitrogens with zero attached hydrogens (tertiary/aromatic N) is 1. The Morgan fingerprint density at radius 1 is 1.05 bits per heavy atom. The van der Waals surface area contributed by atoms with Crippen LogP contribution >= 0.6 is 0 Å². The van der Waals surface area contributed by atoms with Crippen molar-refractivity contribution in [3.63, 3.8) is 0 Å². The van der Waals surface area contributed by atoms with Crippen molar-refractivity contribution in [1.82, 2.24) is 0 Å². The van der Waals surface area contributed by atoms with E-state index in [0.717, 1.165) is 5.56 Å². The minimum atomic E-state index is -0.311. The van der Waals surface area contributed by atoms with Crippen LogP contribution in [0, 0.1) is 17.1 Å². The highest BCUT2D eigenvalue weighted by molar-refractivity contribution is 5.90. The molecule has 0 fully saturated rings. The fourth-order valence-corrected chi connectivity index (χ4v) is 1.87. The van der Waals surface area contributed by atoms with E-state index in [1.807, 2.05) is 0 Å². The number of allylic oxidation sites excluding steroid dienone is 1. The molecule has 21 heavy (non-hydrogen) atoms. The molecule has 0 spiro atoms. The smallest absolute Gasteiger partial charge is 0.123 e. The molecular weight excluding hydrogens is 269 g/mol. The second-order valence-corrected chi connectivity index (χ2v) is 4.32. The van der Waals surface area contributed by atoms with Gasteiger partial charge in [0.1, 0.15) is 17.3 Å².